The van der Waals surface area contributed by atoms with Gasteiger partial charge in [-0.25, -0.2) is 0 Å². The lowest BCUT2D eigenvalue weighted by Gasteiger charge is -2.63. The van der Waals surface area contributed by atoms with Crippen LogP contribution < -0.4 is 4.74 Å². The van der Waals surface area contributed by atoms with Crippen LogP contribution in [0.15, 0.2) is 12.1 Å². The maximum Gasteiger partial charge on any atom is 0.165 e. The summed E-state index contributed by atoms with van der Waals surface area (Å²) >= 11 is 0. The van der Waals surface area contributed by atoms with Gasteiger partial charge in [-0.1, -0.05) is 12.5 Å². The zero-order chi connectivity index (χ0) is 16.8. The molecule has 2 saturated carbocycles. The zero-order valence-electron chi connectivity index (χ0n) is 14.7. The first-order valence-electron chi connectivity index (χ1n) is 10.1. The Morgan fingerprint density at radius 1 is 1.16 bits per heavy atom. The molecule has 5 aliphatic rings. The van der Waals surface area contributed by atoms with E-state index in [0.717, 1.165) is 56.7 Å². The number of phenolic OH excluding ortho intramolecular Hbond substituents is 1. The normalized spacial score (nSPS) is 41.8. The Bertz CT molecular complexity index is 745. The average molecular weight is 341 g/mol. The Balaban J connectivity index is 1.51. The van der Waals surface area contributed by atoms with Crippen LogP contribution in [0.2, 0.25) is 0 Å². The summed E-state index contributed by atoms with van der Waals surface area (Å²) in [4.78, 5) is 2.60. The summed E-state index contributed by atoms with van der Waals surface area (Å²) in [7, 11) is 0. The minimum atomic E-state index is -0.704. The predicted octanol–water partition coefficient (Wildman–Crippen LogP) is 2.74. The number of hydrogen-bond acceptors (Lipinski definition) is 4. The molecule has 1 aromatic rings. The molecule has 1 aromatic carbocycles. The van der Waals surface area contributed by atoms with E-state index in [4.69, 9.17) is 4.74 Å². The molecule has 3 fully saturated rings. The van der Waals surface area contributed by atoms with Crippen LogP contribution in [-0.2, 0) is 11.8 Å². The molecule has 3 aliphatic carbocycles. The summed E-state index contributed by atoms with van der Waals surface area (Å²) in [5.74, 6) is 1.75. The van der Waals surface area contributed by atoms with Crippen LogP contribution in [0.4, 0.5) is 0 Å². The Hall–Kier alpha value is -1.26. The molecule has 2 N–H and O–H groups in total. The maximum atomic E-state index is 12.1. The number of rotatable bonds is 2. The molecule has 6 rings (SSSR count). The van der Waals surface area contributed by atoms with Crippen molar-refractivity contribution in [3.63, 3.8) is 0 Å². The Kier molecular flexibility index (Phi) is 2.80. The number of benzene rings is 1. The fraction of sp³-hybridized carbons (Fsp3) is 0.714. The van der Waals surface area contributed by atoms with Gasteiger partial charge < -0.3 is 14.9 Å². The van der Waals surface area contributed by atoms with Crippen molar-refractivity contribution >= 4 is 0 Å². The van der Waals surface area contributed by atoms with Crippen LogP contribution >= 0.6 is 0 Å². The highest BCUT2D eigenvalue weighted by Gasteiger charge is 2.71. The van der Waals surface area contributed by atoms with E-state index in [9.17, 15) is 10.2 Å². The van der Waals surface area contributed by atoms with Crippen molar-refractivity contribution in [1.82, 2.24) is 4.90 Å². The van der Waals surface area contributed by atoms with Gasteiger partial charge in [0.2, 0.25) is 0 Å². The molecular formula is C21H27NO3. The van der Waals surface area contributed by atoms with E-state index in [0.29, 0.717) is 5.75 Å². The molecule has 1 saturated heterocycles. The van der Waals surface area contributed by atoms with Crippen molar-refractivity contribution in [3.05, 3.63) is 23.3 Å². The Morgan fingerprint density at radius 2 is 2.04 bits per heavy atom. The lowest BCUT2D eigenvalue weighted by Crippen LogP contribution is -2.75. The molecule has 4 heteroatoms. The standard InChI is InChI=1S/C21H27NO3/c23-15-7-6-14-11-16-21(24)8-2-5-17-20(21,18(14)19(15)25-17)9-10-22(16)12-13-3-1-4-13/h6-7,13,16-17,23-24H,1-5,8-12H2/t16?,17-,20?,21?/m0/s1. The van der Waals surface area contributed by atoms with Crippen LogP contribution in [0.25, 0.3) is 0 Å². The molecule has 3 unspecified atom stereocenters. The molecule has 2 aliphatic heterocycles. The monoisotopic (exact) mass is 341 g/mol. The van der Waals surface area contributed by atoms with Crippen molar-refractivity contribution < 1.29 is 14.9 Å². The van der Waals surface area contributed by atoms with Crippen LogP contribution in [0.5, 0.6) is 11.5 Å². The van der Waals surface area contributed by atoms with Gasteiger partial charge >= 0.3 is 0 Å². The molecule has 4 atom stereocenters. The van der Waals surface area contributed by atoms with Gasteiger partial charge in [0.1, 0.15) is 6.10 Å². The fourth-order valence-corrected chi connectivity index (χ4v) is 6.85. The molecule has 25 heavy (non-hydrogen) atoms. The van der Waals surface area contributed by atoms with Gasteiger partial charge in [0.15, 0.2) is 11.5 Å². The van der Waals surface area contributed by atoms with Gasteiger partial charge in [-0.15, -0.1) is 0 Å². The molecule has 2 bridgehead atoms. The fourth-order valence-electron chi connectivity index (χ4n) is 6.85. The van der Waals surface area contributed by atoms with E-state index in [2.05, 4.69) is 11.0 Å². The van der Waals surface area contributed by atoms with Gasteiger partial charge in [0, 0.05) is 18.2 Å². The highest BCUT2D eigenvalue weighted by Crippen LogP contribution is 2.65. The first-order chi connectivity index (χ1) is 12.1. The Labute approximate surface area is 148 Å². The van der Waals surface area contributed by atoms with Gasteiger partial charge in [-0.05, 0) is 69.0 Å². The first-order valence-corrected chi connectivity index (χ1v) is 10.1. The summed E-state index contributed by atoms with van der Waals surface area (Å²) in [6.07, 6.45) is 8.84. The second-order valence-electron chi connectivity index (χ2n) is 9.10. The van der Waals surface area contributed by atoms with E-state index < -0.39 is 5.60 Å². The summed E-state index contributed by atoms with van der Waals surface area (Å²) < 4.78 is 6.29. The van der Waals surface area contributed by atoms with Crippen LogP contribution in [0.3, 0.4) is 0 Å². The summed E-state index contributed by atoms with van der Waals surface area (Å²) in [5, 5.41) is 22.5. The van der Waals surface area contributed by atoms with E-state index in [1.165, 1.54) is 24.8 Å². The van der Waals surface area contributed by atoms with E-state index >= 15 is 0 Å². The second-order valence-corrected chi connectivity index (χ2v) is 9.10. The van der Waals surface area contributed by atoms with Gasteiger partial charge in [0.25, 0.3) is 0 Å². The molecule has 134 valence electrons. The third-order valence-electron chi connectivity index (χ3n) is 8.19. The smallest absolute Gasteiger partial charge is 0.165 e. The zero-order valence-corrected chi connectivity index (χ0v) is 14.7. The average Bonchev–Trinajstić information content (AvgIpc) is 2.89. The predicted molar refractivity (Wildman–Crippen MR) is 94.0 cm³/mol. The number of hydrogen-bond donors (Lipinski definition) is 2. The maximum absolute atomic E-state index is 12.1. The number of ether oxygens (including phenoxy) is 1. The molecule has 0 radical (unpaired) electrons. The minimum Gasteiger partial charge on any atom is -0.504 e. The first kappa shape index (κ1) is 14.9. The van der Waals surface area contributed by atoms with E-state index in [1.807, 2.05) is 0 Å². The largest absolute Gasteiger partial charge is 0.504 e. The summed E-state index contributed by atoms with van der Waals surface area (Å²) in [5.41, 5.74) is 1.45. The van der Waals surface area contributed by atoms with Gasteiger partial charge in [0.05, 0.1) is 11.0 Å². The molecule has 0 aromatic heterocycles. The molecule has 0 amide bonds. The molecule has 1 spiro atoms. The van der Waals surface area contributed by atoms with E-state index in [1.54, 1.807) is 6.07 Å². The van der Waals surface area contributed by atoms with Crippen LogP contribution in [-0.4, -0.2) is 45.9 Å². The minimum absolute atomic E-state index is 0.0296. The number of aliphatic hydroxyl groups is 1. The summed E-state index contributed by atoms with van der Waals surface area (Å²) in [6.45, 7) is 2.20. The quantitative estimate of drug-likeness (QED) is 0.868. The van der Waals surface area contributed by atoms with Gasteiger partial charge in [-0.3, -0.25) is 4.90 Å². The highest BCUT2D eigenvalue weighted by atomic mass is 16.5. The van der Waals surface area contributed by atoms with Crippen molar-refractivity contribution in [1.29, 1.82) is 0 Å². The molecular weight excluding hydrogens is 314 g/mol. The van der Waals surface area contributed by atoms with Gasteiger partial charge in [-0.2, -0.15) is 0 Å². The van der Waals surface area contributed by atoms with Crippen molar-refractivity contribution in [3.8, 4) is 11.5 Å². The van der Waals surface area contributed by atoms with Crippen molar-refractivity contribution in [2.45, 2.75) is 74.5 Å². The number of phenols is 1. The second kappa shape index (κ2) is 4.72. The number of likely N-dealkylation sites (tertiary alicyclic amines) is 1. The lowest BCUT2D eigenvalue weighted by molar-refractivity contribution is -0.187. The SMILES string of the molecule is Oc1ccc2c3c1O[C@H]1CCCC4(O)C(C2)N(CC2CCC2)CCC314. The number of piperidine rings is 1. The van der Waals surface area contributed by atoms with Crippen molar-refractivity contribution in [2.24, 2.45) is 5.92 Å². The van der Waals surface area contributed by atoms with Crippen molar-refractivity contribution in [2.75, 3.05) is 13.1 Å². The molecule has 4 nitrogen and oxygen atoms in total. The number of aromatic hydroxyl groups is 1. The third-order valence-corrected chi connectivity index (χ3v) is 8.19. The lowest BCUT2D eigenvalue weighted by atomic mass is 9.49. The molecule has 2 heterocycles. The third kappa shape index (κ3) is 1.62. The topological polar surface area (TPSA) is 52.9 Å². The Morgan fingerprint density at radius 3 is 2.84 bits per heavy atom. The number of nitrogens with zero attached hydrogens (tertiary/aromatic N) is 1. The van der Waals surface area contributed by atoms with Crippen LogP contribution in [0, 0.1) is 5.92 Å². The summed E-state index contributed by atoms with van der Waals surface area (Å²) in [6, 6.07) is 4.07. The highest BCUT2D eigenvalue weighted by molar-refractivity contribution is 5.62. The van der Waals surface area contributed by atoms with E-state index in [-0.39, 0.29) is 23.3 Å². The van der Waals surface area contributed by atoms with Crippen LogP contribution in [0.1, 0.15) is 56.1 Å².